The SMILES string of the molecule is CCc1c(C)[nH]c(=O)c(I)c1Oc1cc(I)cc(/C=C/C#N)c1. The molecule has 2 aromatic rings. The molecule has 0 saturated carbocycles. The molecule has 0 amide bonds. The van der Waals surface area contributed by atoms with Crippen molar-refractivity contribution in [2.24, 2.45) is 0 Å². The first kappa shape index (κ1) is 18.0. The zero-order valence-electron chi connectivity index (χ0n) is 12.6. The number of aryl methyl sites for hydroxylation is 1. The van der Waals surface area contributed by atoms with Gasteiger partial charge in [-0.2, -0.15) is 5.26 Å². The molecular weight excluding hydrogens is 518 g/mol. The fourth-order valence-electron chi connectivity index (χ4n) is 2.23. The lowest BCUT2D eigenvalue weighted by Gasteiger charge is -2.14. The average Bonchev–Trinajstić information content (AvgIpc) is 2.50. The molecule has 1 N–H and O–H groups in total. The highest BCUT2D eigenvalue weighted by Gasteiger charge is 2.15. The number of rotatable bonds is 4. The lowest BCUT2D eigenvalue weighted by atomic mass is 10.1. The number of halogens is 2. The number of pyridine rings is 1. The number of ether oxygens (including phenoxy) is 1. The predicted octanol–water partition coefficient (Wildman–Crippen LogP) is 4.78. The van der Waals surface area contributed by atoms with Crippen LogP contribution in [0, 0.1) is 25.4 Å². The van der Waals surface area contributed by atoms with E-state index in [9.17, 15) is 4.79 Å². The molecule has 0 saturated heterocycles. The van der Waals surface area contributed by atoms with E-state index in [4.69, 9.17) is 10.00 Å². The highest BCUT2D eigenvalue weighted by Crippen LogP contribution is 2.31. The minimum atomic E-state index is -0.148. The number of H-pyrrole nitrogens is 1. The van der Waals surface area contributed by atoms with Crippen LogP contribution >= 0.6 is 45.2 Å². The van der Waals surface area contributed by atoms with Crippen LogP contribution in [0.4, 0.5) is 0 Å². The first-order valence-corrected chi connectivity index (χ1v) is 9.07. The fourth-order valence-corrected chi connectivity index (χ4v) is 3.47. The molecule has 118 valence electrons. The summed E-state index contributed by atoms with van der Waals surface area (Å²) < 4.78 is 7.58. The summed E-state index contributed by atoms with van der Waals surface area (Å²) in [5, 5.41) is 8.66. The van der Waals surface area contributed by atoms with E-state index in [1.165, 1.54) is 6.08 Å². The van der Waals surface area contributed by atoms with Gasteiger partial charge in [-0.15, -0.1) is 0 Å². The van der Waals surface area contributed by atoms with Crippen LogP contribution in [0.25, 0.3) is 6.08 Å². The Morgan fingerprint density at radius 2 is 2.09 bits per heavy atom. The lowest BCUT2D eigenvalue weighted by molar-refractivity contribution is 0.470. The minimum Gasteiger partial charge on any atom is -0.456 e. The van der Waals surface area contributed by atoms with Crippen LogP contribution in [0.2, 0.25) is 0 Å². The standard InChI is InChI=1S/C17H14I2N2O2/c1-3-14-10(2)21-17(22)15(19)16(14)23-13-8-11(5-4-6-20)7-12(18)9-13/h4-5,7-9H,3H2,1-2H3,(H,21,22)/b5-4+. The number of hydrogen-bond donors (Lipinski definition) is 1. The third kappa shape index (κ3) is 4.35. The average molecular weight is 532 g/mol. The second-order valence-electron chi connectivity index (χ2n) is 4.84. The molecule has 1 aromatic heterocycles. The van der Waals surface area contributed by atoms with Gasteiger partial charge in [0, 0.05) is 20.9 Å². The largest absolute Gasteiger partial charge is 0.456 e. The summed E-state index contributed by atoms with van der Waals surface area (Å²) in [7, 11) is 0. The number of nitrogens with zero attached hydrogens (tertiary/aromatic N) is 1. The van der Waals surface area contributed by atoms with Gasteiger partial charge in [0.15, 0.2) is 5.75 Å². The first-order chi connectivity index (χ1) is 11.0. The summed E-state index contributed by atoms with van der Waals surface area (Å²) in [4.78, 5) is 14.8. The monoisotopic (exact) mass is 532 g/mol. The molecule has 1 heterocycles. The highest BCUT2D eigenvalue weighted by molar-refractivity contribution is 14.1. The first-order valence-electron chi connectivity index (χ1n) is 6.92. The van der Waals surface area contributed by atoms with E-state index < -0.39 is 0 Å². The molecule has 0 bridgehead atoms. The van der Waals surface area contributed by atoms with Crippen molar-refractivity contribution in [2.75, 3.05) is 0 Å². The predicted molar refractivity (Wildman–Crippen MR) is 108 cm³/mol. The van der Waals surface area contributed by atoms with Crippen LogP contribution in [0.1, 0.15) is 23.7 Å². The third-order valence-corrected chi connectivity index (χ3v) is 4.85. The Balaban J connectivity index is 2.52. The van der Waals surface area contributed by atoms with Crippen molar-refractivity contribution in [3.05, 3.63) is 58.6 Å². The maximum absolute atomic E-state index is 12.0. The Morgan fingerprint density at radius 3 is 2.74 bits per heavy atom. The van der Waals surface area contributed by atoms with Crippen molar-refractivity contribution in [1.82, 2.24) is 4.98 Å². The topological polar surface area (TPSA) is 65.9 Å². The van der Waals surface area contributed by atoms with Crippen molar-refractivity contribution >= 4 is 51.3 Å². The van der Waals surface area contributed by atoms with Gasteiger partial charge in [0.05, 0.1) is 6.07 Å². The maximum atomic E-state index is 12.0. The van der Waals surface area contributed by atoms with E-state index in [1.807, 2.05) is 60.7 Å². The van der Waals surface area contributed by atoms with Gasteiger partial charge in [0.2, 0.25) is 0 Å². The van der Waals surface area contributed by atoms with E-state index in [0.717, 1.165) is 26.8 Å². The lowest BCUT2D eigenvalue weighted by Crippen LogP contribution is -2.15. The molecule has 0 radical (unpaired) electrons. The molecule has 2 rings (SSSR count). The Bertz CT molecular complexity index is 864. The number of allylic oxidation sites excluding steroid dienone is 1. The smallest absolute Gasteiger partial charge is 0.265 e. The molecular formula is C17H14I2N2O2. The minimum absolute atomic E-state index is 0.148. The Kier molecular flexibility index (Phi) is 6.24. The molecule has 0 aliphatic heterocycles. The summed E-state index contributed by atoms with van der Waals surface area (Å²) in [6.45, 7) is 3.90. The maximum Gasteiger partial charge on any atom is 0.265 e. The number of aromatic nitrogens is 1. The molecule has 23 heavy (non-hydrogen) atoms. The van der Waals surface area contributed by atoms with E-state index in [0.29, 0.717) is 15.1 Å². The zero-order chi connectivity index (χ0) is 17.0. The van der Waals surface area contributed by atoms with Crippen molar-refractivity contribution in [3.63, 3.8) is 0 Å². The molecule has 4 nitrogen and oxygen atoms in total. The fraction of sp³-hybridized carbons (Fsp3) is 0.176. The van der Waals surface area contributed by atoms with Crippen LogP contribution < -0.4 is 10.3 Å². The van der Waals surface area contributed by atoms with Gasteiger partial charge in [-0.1, -0.05) is 6.92 Å². The van der Waals surface area contributed by atoms with Crippen LogP contribution in [-0.2, 0) is 6.42 Å². The van der Waals surface area contributed by atoms with Crippen LogP contribution in [0.5, 0.6) is 11.5 Å². The van der Waals surface area contributed by atoms with Gasteiger partial charge in [-0.05, 0) is 88.4 Å². The number of hydrogen-bond acceptors (Lipinski definition) is 3. The molecule has 0 aliphatic carbocycles. The highest BCUT2D eigenvalue weighted by atomic mass is 127. The normalized spacial score (nSPS) is 10.7. The molecule has 0 fully saturated rings. The molecule has 0 atom stereocenters. The van der Waals surface area contributed by atoms with Crippen LogP contribution in [-0.4, -0.2) is 4.98 Å². The van der Waals surface area contributed by atoms with Crippen molar-refractivity contribution < 1.29 is 4.74 Å². The van der Waals surface area contributed by atoms with Crippen molar-refractivity contribution in [3.8, 4) is 17.6 Å². The van der Waals surface area contributed by atoms with E-state index >= 15 is 0 Å². The quantitative estimate of drug-likeness (QED) is 0.456. The molecule has 1 aromatic carbocycles. The molecule has 6 heteroatoms. The summed E-state index contributed by atoms with van der Waals surface area (Å²) in [5.41, 5.74) is 2.54. The summed E-state index contributed by atoms with van der Waals surface area (Å²) in [5.74, 6) is 1.25. The van der Waals surface area contributed by atoms with Gasteiger partial charge in [0.25, 0.3) is 5.56 Å². The number of nitriles is 1. The van der Waals surface area contributed by atoms with Gasteiger partial charge in [-0.3, -0.25) is 4.79 Å². The number of aromatic amines is 1. The summed E-state index contributed by atoms with van der Waals surface area (Å²) in [6, 6.07) is 7.68. The van der Waals surface area contributed by atoms with Crippen LogP contribution in [0.15, 0.2) is 29.1 Å². The van der Waals surface area contributed by atoms with Gasteiger partial charge in [-0.25, -0.2) is 0 Å². The molecule has 0 unspecified atom stereocenters. The van der Waals surface area contributed by atoms with Gasteiger partial charge < -0.3 is 9.72 Å². The van der Waals surface area contributed by atoms with Gasteiger partial charge >= 0.3 is 0 Å². The zero-order valence-corrected chi connectivity index (χ0v) is 16.9. The summed E-state index contributed by atoms with van der Waals surface area (Å²) in [6.07, 6.45) is 3.91. The van der Waals surface area contributed by atoms with E-state index in [1.54, 1.807) is 6.08 Å². The van der Waals surface area contributed by atoms with Crippen molar-refractivity contribution in [1.29, 1.82) is 5.26 Å². The third-order valence-electron chi connectivity index (χ3n) is 3.24. The van der Waals surface area contributed by atoms with Crippen molar-refractivity contribution in [2.45, 2.75) is 20.3 Å². The number of benzene rings is 1. The van der Waals surface area contributed by atoms with E-state index in [2.05, 4.69) is 27.6 Å². The Hall–Kier alpha value is -1.34. The second kappa shape index (κ2) is 7.97. The summed E-state index contributed by atoms with van der Waals surface area (Å²) >= 11 is 4.21. The van der Waals surface area contributed by atoms with E-state index in [-0.39, 0.29) is 5.56 Å². The second-order valence-corrected chi connectivity index (χ2v) is 7.16. The molecule has 0 spiro atoms. The van der Waals surface area contributed by atoms with Crippen LogP contribution in [0.3, 0.4) is 0 Å². The number of nitrogens with one attached hydrogen (secondary N) is 1. The molecule has 0 aliphatic rings. The Morgan fingerprint density at radius 1 is 1.35 bits per heavy atom. The Labute approximate surface area is 161 Å². The van der Waals surface area contributed by atoms with Gasteiger partial charge in [0.1, 0.15) is 9.32 Å².